The Balaban J connectivity index is 1.73. The number of amides is 1. The highest BCUT2D eigenvalue weighted by molar-refractivity contribution is 14.1. The van der Waals surface area contributed by atoms with E-state index in [-0.39, 0.29) is 19.1 Å². The number of aryl methyl sites for hydroxylation is 1. The van der Waals surface area contributed by atoms with Crippen LogP contribution in [0.1, 0.15) is 23.7 Å². The lowest BCUT2D eigenvalue weighted by atomic mass is 10.0. The second kappa shape index (κ2) is 10.9. The first-order valence-corrected chi connectivity index (χ1v) is 12.4. The van der Waals surface area contributed by atoms with Crippen LogP contribution in [-0.4, -0.2) is 65.9 Å². The van der Waals surface area contributed by atoms with Gasteiger partial charge in [-0.15, -0.1) is 0 Å². The number of rotatable bonds is 6. The number of fused-ring (bicyclic) bond motifs is 1. The average Bonchev–Trinajstić information content (AvgIpc) is 3.15. The van der Waals surface area contributed by atoms with Gasteiger partial charge in [0.25, 0.3) is 0 Å². The summed E-state index contributed by atoms with van der Waals surface area (Å²) < 4.78 is 33.9. The highest BCUT2D eigenvalue weighted by atomic mass is 127. The number of benzene rings is 1. The largest absolute Gasteiger partial charge is 0.466 e. The Hall–Kier alpha value is -2.73. The number of carbonyl (C=O) groups excluding carboxylic acids is 2. The van der Waals surface area contributed by atoms with Gasteiger partial charge in [-0.05, 0) is 71.8 Å². The third kappa shape index (κ3) is 5.58. The highest BCUT2D eigenvalue weighted by Crippen LogP contribution is 2.33. The molecule has 1 aromatic carbocycles. The molecule has 8 nitrogen and oxygen atoms in total. The van der Waals surface area contributed by atoms with Crippen molar-refractivity contribution in [3.8, 4) is 11.3 Å². The summed E-state index contributed by atoms with van der Waals surface area (Å²) >= 11 is 2.08. The van der Waals surface area contributed by atoms with Gasteiger partial charge in [0.1, 0.15) is 11.5 Å². The summed E-state index contributed by atoms with van der Waals surface area (Å²) in [5, 5.41) is 0. The molecule has 0 bridgehead atoms. The zero-order chi connectivity index (χ0) is 25.1. The molecule has 0 aliphatic carbocycles. The van der Waals surface area contributed by atoms with Crippen LogP contribution in [0, 0.1) is 16.3 Å². The molecule has 0 unspecified atom stereocenters. The SMILES string of the molecule is CCOC(=O)Cc1cc(F)c(-c2nc3cc(C)ccn3c2C[C@H]2CN(C(=O)OC)CCO2)c(I)c1. The molecule has 2 aromatic heterocycles. The van der Waals surface area contributed by atoms with Crippen molar-refractivity contribution in [2.45, 2.75) is 32.8 Å². The molecule has 1 amide bonds. The molecular formula is C25H27FIN3O5. The standard InChI is InChI=1S/C25H27FIN3O5/c1-4-34-22(31)12-16-10-18(26)23(19(27)11-16)24-20(30-6-5-15(2)9-21(30)28-24)13-17-14-29(7-8-35-17)25(32)33-3/h5-6,9-11,17H,4,7-8,12-14H2,1-3H3/t17-/m0/s1. The van der Waals surface area contributed by atoms with Crippen LogP contribution in [0.4, 0.5) is 9.18 Å². The first-order chi connectivity index (χ1) is 16.8. The summed E-state index contributed by atoms with van der Waals surface area (Å²) in [5.41, 5.74) is 3.94. The molecule has 1 aliphatic rings. The van der Waals surface area contributed by atoms with Crippen molar-refractivity contribution >= 4 is 40.3 Å². The Bertz CT molecular complexity index is 1240. The number of ether oxygens (including phenoxy) is 3. The first kappa shape index (κ1) is 25.4. The lowest BCUT2D eigenvalue weighted by molar-refractivity contribution is -0.142. The Kier molecular flexibility index (Phi) is 7.90. The predicted molar refractivity (Wildman–Crippen MR) is 136 cm³/mol. The molecule has 4 rings (SSSR count). The van der Waals surface area contributed by atoms with Gasteiger partial charge in [-0.2, -0.15) is 0 Å². The minimum Gasteiger partial charge on any atom is -0.466 e. The molecule has 1 saturated heterocycles. The van der Waals surface area contributed by atoms with Gasteiger partial charge in [-0.1, -0.05) is 0 Å². The predicted octanol–water partition coefficient (Wildman–Crippen LogP) is 4.17. The molecule has 0 spiro atoms. The van der Waals surface area contributed by atoms with Crippen molar-refractivity contribution < 1.29 is 28.2 Å². The molecule has 186 valence electrons. The van der Waals surface area contributed by atoms with Crippen molar-refractivity contribution in [1.82, 2.24) is 14.3 Å². The smallest absolute Gasteiger partial charge is 0.409 e. The van der Waals surface area contributed by atoms with Gasteiger partial charge in [-0.25, -0.2) is 14.2 Å². The Morgan fingerprint density at radius 3 is 2.83 bits per heavy atom. The summed E-state index contributed by atoms with van der Waals surface area (Å²) in [6.45, 7) is 5.19. The molecule has 0 saturated carbocycles. The van der Waals surface area contributed by atoms with Crippen LogP contribution in [0.25, 0.3) is 16.9 Å². The fourth-order valence-electron chi connectivity index (χ4n) is 4.28. The van der Waals surface area contributed by atoms with Gasteiger partial charge in [0.15, 0.2) is 0 Å². The molecule has 10 heteroatoms. The Labute approximate surface area is 216 Å². The van der Waals surface area contributed by atoms with E-state index in [2.05, 4.69) is 22.6 Å². The van der Waals surface area contributed by atoms with Crippen molar-refractivity contribution in [1.29, 1.82) is 0 Å². The second-order valence-corrected chi connectivity index (χ2v) is 9.53. The van der Waals surface area contributed by atoms with Gasteiger partial charge in [-0.3, -0.25) is 4.79 Å². The van der Waals surface area contributed by atoms with Gasteiger partial charge in [0.05, 0.1) is 56.3 Å². The Morgan fingerprint density at radius 1 is 1.31 bits per heavy atom. The van der Waals surface area contributed by atoms with Crippen LogP contribution in [0.2, 0.25) is 0 Å². The summed E-state index contributed by atoms with van der Waals surface area (Å²) in [4.78, 5) is 30.3. The van der Waals surface area contributed by atoms with Gasteiger partial charge in [0, 0.05) is 22.7 Å². The quantitative estimate of drug-likeness (QED) is 0.315. The molecule has 35 heavy (non-hydrogen) atoms. The minimum absolute atomic E-state index is 0.00244. The number of hydrogen-bond donors (Lipinski definition) is 0. The van der Waals surface area contributed by atoms with E-state index in [9.17, 15) is 9.59 Å². The monoisotopic (exact) mass is 595 g/mol. The van der Waals surface area contributed by atoms with E-state index in [4.69, 9.17) is 19.2 Å². The number of esters is 1. The summed E-state index contributed by atoms with van der Waals surface area (Å²) in [5.74, 6) is -0.859. The molecule has 3 aromatic rings. The molecular weight excluding hydrogens is 568 g/mol. The van der Waals surface area contributed by atoms with Crippen LogP contribution < -0.4 is 0 Å². The number of morpholine rings is 1. The van der Waals surface area contributed by atoms with Crippen LogP contribution in [0.15, 0.2) is 30.5 Å². The normalized spacial score (nSPS) is 15.9. The number of aromatic nitrogens is 2. The number of hydrogen-bond acceptors (Lipinski definition) is 6. The van der Waals surface area contributed by atoms with E-state index in [0.717, 1.165) is 11.3 Å². The van der Waals surface area contributed by atoms with Crippen molar-refractivity contribution in [3.63, 3.8) is 0 Å². The van der Waals surface area contributed by atoms with Gasteiger partial charge in [0.2, 0.25) is 0 Å². The fourth-order valence-corrected chi connectivity index (χ4v) is 5.19. The van der Waals surface area contributed by atoms with E-state index in [0.29, 0.717) is 52.2 Å². The zero-order valence-electron chi connectivity index (χ0n) is 19.8. The first-order valence-electron chi connectivity index (χ1n) is 11.4. The number of imidazole rings is 1. The van der Waals surface area contributed by atoms with E-state index >= 15 is 4.39 Å². The lowest BCUT2D eigenvalue weighted by Gasteiger charge is -2.32. The number of carbonyl (C=O) groups is 2. The van der Waals surface area contributed by atoms with Crippen molar-refractivity contribution in [2.24, 2.45) is 0 Å². The average molecular weight is 595 g/mol. The molecule has 0 radical (unpaired) electrons. The summed E-state index contributed by atoms with van der Waals surface area (Å²) in [6, 6.07) is 7.05. The number of pyridine rings is 1. The molecule has 1 atom stereocenters. The maximum Gasteiger partial charge on any atom is 0.409 e. The lowest BCUT2D eigenvalue weighted by Crippen LogP contribution is -2.46. The third-order valence-electron chi connectivity index (χ3n) is 5.87. The number of halogens is 2. The maximum absolute atomic E-state index is 15.5. The van der Waals surface area contributed by atoms with E-state index in [1.54, 1.807) is 17.9 Å². The number of methoxy groups -OCH3 is 1. The second-order valence-electron chi connectivity index (χ2n) is 8.37. The molecule has 3 heterocycles. The highest BCUT2D eigenvalue weighted by Gasteiger charge is 2.28. The molecule has 1 fully saturated rings. The maximum atomic E-state index is 15.5. The summed E-state index contributed by atoms with van der Waals surface area (Å²) in [7, 11) is 1.36. The van der Waals surface area contributed by atoms with Gasteiger partial charge >= 0.3 is 12.1 Å². The summed E-state index contributed by atoms with van der Waals surface area (Å²) in [6.07, 6.45) is 1.64. The van der Waals surface area contributed by atoms with E-state index < -0.39 is 17.9 Å². The zero-order valence-corrected chi connectivity index (χ0v) is 22.0. The topological polar surface area (TPSA) is 82.4 Å². The van der Waals surface area contributed by atoms with Crippen LogP contribution in [0.5, 0.6) is 0 Å². The van der Waals surface area contributed by atoms with Crippen molar-refractivity contribution in [3.05, 3.63) is 56.7 Å². The Morgan fingerprint density at radius 2 is 2.11 bits per heavy atom. The number of nitrogens with zero attached hydrogens (tertiary/aromatic N) is 3. The van der Waals surface area contributed by atoms with E-state index in [1.807, 2.05) is 29.7 Å². The van der Waals surface area contributed by atoms with E-state index in [1.165, 1.54) is 13.2 Å². The van der Waals surface area contributed by atoms with Crippen LogP contribution in [-0.2, 0) is 31.8 Å². The van der Waals surface area contributed by atoms with Crippen molar-refractivity contribution in [2.75, 3.05) is 33.4 Å². The van der Waals surface area contributed by atoms with Crippen LogP contribution in [0.3, 0.4) is 0 Å². The fraction of sp³-hybridized carbons (Fsp3) is 0.400. The molecule has 1 aliphatic heterocycles. The molecule has 0 N–H and O–H groups in total. The van der Waals surface area contributed by atoms with Gasteiger partial charge < -0.3 is 23.5 Å². The minimum atomic E-state index is -0.460. The van der Waals surface area contributed by atoms with Crippen LogP contribution >= 0.6 is 22.6 Å². The third-order valence-corrected chi connectivity index (χ3v) is 6.72.